The van der Waals surface area contributed by atoms with E-state index in [1.165, 1.54) is 13.2 Å². The minimum absolute atomic E-state index is 0.0856. The molecule has 1 aliphatic heterocycles. The van der Waals surface area contributed by atoms with Gasteiger partial charge in [0.25, 0.3) is 0 Å². The third kappa shape index (κ3) is 4.75. The SMILES string of the molecule is CCN(CC(=O)Nc1cccc(OC)c1)S(=O)(=O)c1ccc2c(c1)CCC(=O)N2. The first kappa shape index (κ1) is 20.8. The summed E-state index contributed by atoms with van der Waals surface area (Å²) in [6.45, 7) is 1.50. The predicted octanol–water partition coefficient (Wildman–Crippen LogP) is 2.23. The number of rotatable bonds is 7. The van der Waals surface area contributed by atoms with Gasteiger partial charge in [0.05, 0.1) is 18.6 Å². The van der Waals surface area contributed by atoms with Gasteiger partial charge in [-0.05, 0) is 42.3 Å². The smallest absolute Gasteiger partial charge is 0.243 e. The van der Waals surface area contributed by atoms with Crippen LogP contribution in [0, 0.1) is 0 Å². The van der Waals surface area contributed by atoms with Crippen LogP contribution in [0.2, 0.25) is 0 Å². The van der Waals surface area contributed by atoms with Crippen molar-refractivity contribution < 1.29 is 22.7 Å². The van der Waals surface area contributed by atoms with E-state index in [0.717, 1.165) is 9.87 Å². The number of fused-ring (bicyclic) bond motifs is 1. The number of anilines is 2. The van der Waals surface area contributed by atoms with E-state index in [1.807, 2.05) is 0 Å². The minimum Gasteiger partial charge on any atom is -0.497 e. The number of ether oxygens (including phenoxy) is 1. The van der Waals surface area contributed by atoms with Gasteiger partial charge < -0.3 is 15.4 Å². The molecule has 9 heteroatoms. The van der Waals surface area contributed by atoms with Crippen molar-refractivity contribution in [2.24, 2.45) is 0 Å². The van der Waals surface area contributed by atoms with E-state index in [1.54, 1.807) is 43.3 Å². The van der Waals surface area contributed by atoms with Crippen molar-refractivity contribution in [1.29, 1.82) is 0 Å². The molecule has 0 radical (unpaired) electrons. The number of methoxy groups -OCH3 is 1. The zero-order chi connectivity index (χ0) is 21.0. The molecular weight excluding hydrogens is 394 g/mol. The highest BCUT2D eigenvalue weighted by atomic mass is 32.2. The molecule has 154 valence electrons. The normalized spacial score (nSPS) is 13.6. The number of hydrogen-bond donors (Lipinski definition) is 2. The standard InChI is InChI=1S/C20H23N3O5S/c1-3-23(13-20(25)21-15-5-4-6-16(12-15)28-2)29(26,27)17-8-9-18-14(11-17)7-10-19(24)22-18/h4-6,8-9,11-12H,3,7,10,13H2,1-2H3,(H,21,25)(H,22,24). The number of sulfonamides is 1. The summed E-state index contributed by atoms with van der Waals surface area (Å²) in [5, 5.41) is 5.42. The molecule has 8 nitrogen and oxygen atoms in total. The number of benzene rings is 2. The first-order valence-electron chi connectivity index (χ1n) is 9.20. The number of likely N-dealkylation sites (N-methyl/N-ethyl adjacent to an activating group) is 1. The maximum absolute atomic E-state index is 13.0. The molecule has 2 N–H and O–H groups in total. The number of carbonyl (C=O) groups is 2. The van der Waals surface area contributed by atoms with E-state index in [2.05, 4.69) is 10.6 Å². The Labute approximate surface area is 169 Å². The molecule has 2 aromatic rings. The molecular formula is C20H23N3O5S. The molecule has 0 atom stereocenters. The van der Waals surface area contributed by atoms with Gasteiger partial charge in [0, 0.05) is 30.4 Å². The van der Waals surface area contributed by atoms with Crippen molar-refractivity contribution in [3.8, 4) is 5.75 Å². The van der Waals surface area contributed by atoms with Crippen molar-refractivity contribution in [3.63, 3.8) is 0 Å². The van der Waals surface area contributed by atoms with Crippen molar-refractivity contribution >= 4 is 33.2 Å². The Morgan fingerprint density at radius 2 is 2.00 bits per heavy atom. The van der Waals surface area contributed by atoms with Crippen molar-refractivity contribution in [2.45, 2.75) is 24.7 Å². The molecule has 2 aromatic carbocycles. The molecule has 2 amide bonds. The minimum atomic E-state index is -3.86. The molecule has 0 aliphatic carbocycles. The molecule has 1 aliphatic rings. The van der Waals surface area contributed by atoms with Crippen LogP contribution in [0.4, 0.5) is 11.4 Å². The summed E-state index contributed by atoms with van der Waals surface area (Å²) < 4.78 is 32.3. The van der Waals surface area contributed by atoms with Gasteiger partial charge in [-0.25, -0.2) is 8.42 Å². The monoisotopic (exact) mass is 417 g/mol. The average molecular weight is 417 g/mol. The molecule has 0 bridgehead atoms. The highest BCUT2D eigenvalue weighted by Gasteiger charge is 2.27. The Morgan fingerprint density at radius 1 is 1.21 bits per heavy atom. The van der Waals surface area contributed by atoms with Gasteiger partial charge in [0.15, 0.2) is 0 Å². The van der Waals surface area contributed by atoms with E-state index >= 15 is 0 Å². The third-order valence-electron chi connectivity index (χ3n) is 4.64. The fourth-order valence-corrected chi connectivity index (χ4v) is 4.55. The molecule has 0 aromatic heterocycles. The summed E-state index contributed by atoms with van der Waals surface area (Å²) >= 11 is 0. The summed E-state index contributed by atoms with van der Waals surface area (Å²) in [5.74, 6) is 0.0512. The fraction of sp³-hybridized carbons (Fsp3) is 0.300. The molecule has 3 rings (SSSR count). The number of nitrogens with zero attached hydrogens (tertiary/aromatic N) is 1. The Balaban J connectivity index is 1.76. The first-order chi connectivity index (χ1) is 13.8. The largest absolute Gasteiger partial charge is 0.497 e. The van der Waals surface area contributed by atoms with Crippen LogP contribution in [0.25, 0.3) is 0 Å². The maximum atomic E-state index is 13.0. The molecule has 29 heavy (non-hydrogen) atoms. The lowest BCUT2D eigenvalue weighted by Crippen LogP contribution is -2.38. The van der Waals surface area contributed by atoms with E-state index in [4.69, 9.17) is 4.74 Å². The Kier molecular flexibility index (Phi) is 6.19. The van der Waals surface area contributed by atoms with Crippen LogP contribution in [-0.4, -0.2) is 44.7 Å². The number of carbonyl (C=O) groups excluding carboxylic acids is 2. The summed E-state index contributed by atoms with van der Waals surface area (Å²) in [4.78, 5) is 24.0. The lowest BCUT2D eigenvalue weighted by Gasteiger charge is -2.22. The molecule has 0 spiro atoms. The summed E-state index contributed by atoms with van der Waals surface area (Å²) in [6.07, 6.45) is 0.796. The maximum Gasteiger partial charge on any atom is 0.243 e. The van der Waals surface area contributed by atoms with Gasteiger partial charge in [-0.2, -0.15) is 4.31 Å². The Hall–Kier alpha value is -2.91. The summed E-state index contributed by atoms with van der Waals surface area (Å²) in [5.41, 5.74) is 1.91. The average Bonchev–Trinajstić information content (AvgIpc) is 2.71. The lowest BCUT2D eigenvalue weighted by molar-refractivity contribution is -0.117. The summed E-state index contributed by atoms with van der Waals surface area (Å²) in [7, 11) is -2.34. The van der Waals surface area contributed by atoms with Gasteiger partial charge in [-0.15, -0.1) is 0 Å². The van der Waals surface area contributed by atoms with Crippen molar-refractivity contribution in [2.75, 3.05) is 30.8 Å². The van der Waals surface area contributed by atoms with Crippen LogP contribution in [-0.2, 0) is 26.0 Å². The summed E-state index contributed by atoms with van der Waals surface area (Å²) in [6, 6.07) is 11.4. The van der Waals surface area contributed by atoms with Crippen LogP contribution < -0.4 is 15.4 Å². The lowest BCUT2D eigenvalue weighted by atomic mass is 10.0. The van der Waals surface area contributed by atoms with E-state index in [9.17, 15) is 18.0 Å². The molecule has 0 saturated carbocycles. The number of amides is 2. The second-order valence-electron chi connectivity index (χ2n) is 6.58. The van der Waals surface area contributed by atoms with E-state index < -0.39 is 15.9 Å². The van der Waals surface area contributed by atoms with Gasteiger partial charge >= 0.3 is 0 Å². The second-order valence-corrected chi connectivity index (χ2v) is 8.52. The van der Waals surface area contributed by atoms with Crippen molar-refractivity contribution in [3.05, 3.63) is 48.0 Å². The predicted molar refractivity (Wildman–Crippen MR) is 109 cm³/mol. The van der Waals surface area contributed by atoms with Crippen molar-refractivity contribution in [1.82, 2.24) is 4.31 Å². The second kappa shape index (κ2) is 8.62. The highest BCUT2D eigenvalue weighted by Crippen LogP contribution is 2.27. The van der Waals surface area contributed by atoms with E-state index in [-0.39, 0.29) is 23.9 Å². The van der Waals surface area contributed by atoms with Gasteiger partial charge in [0.2, 0.25) is 21.8 Å². The van der Waals surface area contributed by atoms with Gasteiger partial charge in [0.1, 0.15) is 5.75 Å². The topological polar surface area (TPSA) is 105 Å². The van der Waals surface area contributed by atoms with Crippen LogP contribution in [0.3, 0.4) is 0 Å². The zero-order valence-electron chi connectivity index (χ0n) is 16.3. The Bertz CT molecular complexity index is 1040. The fourth-order valence-electron chi connectivity index (χ4n) is 3.10. The zero-order valence-corrected chi connectivity index (χ0v) is 17.1. The number of aryl methyl sites for hydroxylation is 1. The molecule has 0 fully saturated rings. The molecule has 0 saturated heterocycles. The van der Waals surface area contributed by atoms with Gasteiger partial charge in [-0.1, -0.05) is 13.0 Å². The number of hydrogen-bond acceptors (Lipinski definition) is 5. The quantitative estimate of drug-likeness (QED) is 0.719. The van der Waals surface area contributed by atoms with Gasteiger partial charge in [-0.3, -0.25) is 9.59 Å². The van der Waals surface area contributed by atoms with Crippen LogP contribution in [0.1, 0.15) is 18.9 Å². The van der Waals surface area contributed by atoms with Crippen LogP contribution in [0.5, 0.6) is 5.75 Å². The molecule has 0 unspecified atom stereocenters. The third-order valence-corrected chi connectivity index (χ3v) is 6.55. The molecule has 1 heterocycles. The Morgan fingerprint density at radius 3 is 2.72 bits per heavy atom. The van der Waals surface area contributed by atoms with Crippen LogP contribution >= 0.6 is 0 Å². The number of nitrogens with one attached hydrogen (secondary N) is 2. The highest BCUT2D eigenvalue weighted by molar-refractivity contribution is 7.89. The van der Waals surface area contributed by atoms with Crippen LogP contribution in [0.15, 0.2) is 47.4 Å². The van der Waals surface area contributed by atoms with E-state index in [0.29, 0.717) is 30.0 Å². The first-order valence-corrected chi connectivity index (χ1v) is 10.6.